The molecule has 2 heteroatoms. The van der Waals surface area contributed by atoms with Gasteiger partial charge in [0.25, 0.3) is 0 Å². The van der Waals surface area contributed by atoms with Gasteiger partial charge >= 0.3 is 0 Å². The molecule has 2 aliphatic carbocycles. The highest BCUT2D eigenvalue weighted by Gasteiger charge is 2.53. The van der Waals surface area contributed by atoms with Gasteiger partial charge in [-0.1, -0.05) is 202 Å². The van der Waals surface area contributed by atoms with Gasteiger partial charge in [-0.05, 0) is 79.5 Å². The van der Waals surface area contributed by atoms with Crippen LogP contribution in [0.4, 0.5) is 17.1 Å². The van der Waals surface area contributed by atoms with E-state index in [1.807, 2.05) is 0 Å². The number of anilines is 3. The molecule has 0 N–H and O–H groups in total. The summed E-state index contributed by atoms with van der Waals surface area (Å²) in [7, 11) is 0. The Balaban J connectivity index is 1.16. The minimum Gasteiger partial charge on any atom is -0.455 e. The Labute approximate surface area is 362 Å². The normalized spacial score (nSPS) is 14.4. The molecule has 0 fully saturated rings. The van der Waals surface area contributed by atoms with E-state index in [2.05, 4.69) is 231 Å². The van der Waals surface area contributed by atoms with Gasteiger partial charge in [0.2, 0.25) is 0 Å². The molecule has 2 nitrogen and oxygen atoms in total. The van der Waals surface area contributed by atoms with Gasteiger partial charge in [0, 0.05) is 44.1 Å². The standard InChI is InChI=1S/C60H41NO/c1-59(2)47-27-12-10-25-45(47)55-49(59)29-15-31-53(55)61(42-22-14-21-41(37-42)38-17-4-3-5-18-38)54-32-16-30-50-56(54)46-26-11-13-28-48(46)60(50)51-35-33-39-19-6-8-23-43(39)57(51)62-58-44-24-9-7-20-40(44)34-36-52(58)60/h3-37H,1-2H3. The molecular formula is C60H41NO. The van der Waals surface area contributed by atoms with Gasteiger partial charge in [-0.2, -0.15) is 0 Å². The molecule has 0 unspecified atom stereocenters. The van der Waals surface area contributed by atoms with E-state index >= 15 is 0 Å². The lowest BCUT2D eigenvalue weighted by molar-refractivity contribution is 0.447. The zero-order valence-corrected chi connectivity index (χ0v) is 34.6. The van der Waals surface area contributed by atoms with Crippen LogP contribution in [-0.2, 0) is 10.8 Å². The maximum Gasteiger partial charge on any atom is 0.140 e. The second kappa shape index (κ2) is 12.9. The van der Waals surface area contributed by atoms with Gasteiger partial charge in [-0.15, -0.1) is 0 Å². The zero-order valence-electron chi connectivity index (χ0n) is 34.6. The summed E-state index contributed by atoms with van der Waals surface area (Å²) in [5.74, 6) is 1.85. The summed E-state index contributed by atoms with van der Waals surface area (Å²) in [6, 6.07) is 78.4. The van der Waals surface area contributed by atoms with Crippen molar-refractivity contribution in [2.45, 2.75) is 24.7 Å². The lowest BCUT2D eigenvalue weighted by Crippen LogP contribution is -2.32. The molecule has 0 bridgehead atoms. The molecule has 3 aliphatic rings. The van der Waals surface area contributed by atoms with Gasteiger partial charge in [-0.3, -0.25) is 0 Å². The van der Waals surface area contributed by atoms with E-state index in [1.54, 1.807) is 0 Å². The van der Waals surface area contributed by atoms with Crippen molar-refractivity contribution in [1.82, 2.24) is 0 Å². The number of rotatable bonds is 4. The van der Waals surface area contributed by atoms with Crippen molar-refractivity contribution >= 4 is 38.6 Å². The molecule has 292 valence electrons. The smallest absolute Gasteiger partial charge is 0.140 e. The molecule has 0 saturated heterocycles. The Morgan fingerprint density at radius 1 is 0.371 bits per heavy atom. The summed E-state index contributed by atoms with van der Waals surface area (Å²) < 4.78 is 7.29. The number of hydrogen-bond acceptors (Lipinski definition) is 2. The summed E-state index contributed by atoms with van der Waals surface area (Å²) >= 11 is 0. The third-order valence-electron chi connectivity index (χ3n) is 14.1. The van der Waals surface area contributed by atoms with E-state index in [4.69, 9.17) is 4.74 Å². The highest BCUT2D eigenvalue weighted by atomic mass is 16.5. The highest BCUT2D eigenvalue weighted by Crippen LogP contribution is 2.66. The molecule has 1 heterocycles. The Hall–Kier alpha value is -7.68. The molecule has 1 aliphatic heterocycles. The first-order valence-electron chi connectivity index (χ1n) is 21.7. The molecular weight excluding hydrogens is 751 g/mol. The largest absolute Gasteiger partial charge is 0.455 e. The van der Waals surface area contributed by atoms with Crippen LogP contribution >= 0.6 is 0 Å². The zero-order chi connectivity index (χ0) is 41.2. The molecule has 0 aromatic heterocycles. The third kappa shape index (κ3) is 4.64. The van der Waals surface area contributed by atoms with E-state index in [1.165, 1.54) is 61.3 Å². The van der Waals surface area contributed by atoms with Crippen molar-refractivity contribution < 1.29 is 4.74 Å². The lowest BCUT2D eigenvalue weighted by atomic mass is 9.65. The Bertz CT molecular complexity index is 3400. The quantitative estimate of drug-likeness (QED) is 0.176. The topological polar surface area (TPSA) is 12.5 Å². The monoisotopic (exact) mass is 791 g/mol. The first kappa shape index (κ1) is 35.1. The van der Waals surface area contributed by atoms with Crippen LogP contribution in [0.2, 0.25) is 0 Å². The second-order valence-corrected chi connectivity index (χ2v) is 17.5. The van der Waals surface area contributed by atoms with Crippen molar-refractivity contribution in [3.63, 3.8) is 0 Å². The number of hydrogen-bond donors (Lipinski definition) is 0. The van der Waals surface area contributed by atoms with Crippen LogP contribution < -0.4 is 9.64 Å². The third-order valence-corrected chi connectivity index (χ3v) is 14.1. The van der Waals surface area contributed by atoms with Crippen molar-refractivity contribution in [2.75, 3.05) is 4.90 Å². The Kier molecular flexibility index (Phi) is 7.31. The van der Waals surface area contributed by atoms with Crippen molar-refractivity contribution in [1.29, 1.82) is 0 Å². The van der Waals surface area contributed by atoms with Crippen LogP contribution in [0.25, 0.3) is 54.9 Å². The van der Waals surface area contributed by atoms with E-state index < -0.39 is 5.41 Å². The minimum absolute atomic E-state index is 0.157. The predicted octanol–water partition coefficient (Wildman–Crippen LogP) is 15.9. The molecule has 13 rings (SSSR count). The Morgan fingerprint density at radius 3 is 1.55 bits per heavy atom. The fourth-order valence-electron chi connectivity index (χ4n) is 11.4. The SMILES string of the molecule is CC1(C)c2ccccc2-c2c(N(c3cccc(-c4ccccc4)c3)c3cccc4c3-c3ccccc3C43c4ccc5ccccc5c4Oc4c3ccc3ccccc43)cccc21. The molecule has 1 spiro atoms. The van der Waals surface area contributed by atoms with Crippen LogP contribution in [0, 0.1) is 0 Å². The first-order valence-corrected chi connectivity index (χ1v) is 21.7. The van der Waals surface area contributed by atoms with Gasteiger partial charge in [-0.25, -0.2) is 0 Å². The van der Waals surface area contributed by atoms with E-state index in [-0.39, 0.29) is 5.41 Å². The average molecular weight is 792 g/mol. The van der Waals surface area contributed by atoms with Gasteiger partial charge in [0.15, 0.2) is 0 Å². The molecule has 0 atom stereocenters. The van der Waals surface area contributed by atoms with Crippen LogP contribution in [-0.4, -0.2) is 0 Å². The molecule has 62 heavy (non-hydrogen) atoms. The molecule has 0 amide bonds. The van der Waals surface area contributed by atoms with Crippen molar-refractivity contribution in [3.05, 3.63) is 246 Å². The summed E-state index contributed by atoms with van der Waals surface area (Å²) in [5, 5.41) is 4.56. The lowest BCUT2D eigenvalue weighted by Gasteiger charge is -2.40. The van der Waals surface area contributed by atoms with Gasteiger partial charge in [0.05, 0.1) is 16.8 Å². The van der Waals surface area contributed by atoms with Crippen LogP contribution in [0.1, 0.15) is 47.2 Å². The molecule has 10 aromatic carbocycles. The molecule has 10 aromatic rings. The van der Waals surface area contributed by atoms with Gasteiger partial charge < -0.3 is 9.64 Å². The van der Waals surface area contributed by atoms with Crippen LogP contribution in [0.5, 0.6) is 11.5 Å². The summed E-state index contributed by atoms with van der Waals surface area (Å²) in [4.78, 5) is 2.56. The van der Waals surface area contributed by atoms with Gasteiger partial charge in [0.1, 0.15) is 11.5 Å². The van der Waals surface area contributed by atoms with E-state index in [0.29, 0.717) is 0 Å². The Morgan fingerprint density at radius 2 is 0.871 bits per heavy atom. The maximum atomic E-state index is 7.29. The van der Waals surface area contributed by atoms with E-state index in [0.717, 1.165) is 55.5 Å². The van der Waals surface area contributed by atoms with E-state index in [9.17, 15) is 0 Å². The minimum atomic E-state index is -0.663. The first-order chi connectivity index (χ1) is 30.5. The molecule has 0 radical (unpaired) electrons. The fraction of sp³-hybridized carbons (Fsp3) is 0.0667. The van der Waals surface area contributed by atoms with Crippen LogP contribution in [0.3, 0.4) is 0 Å². The predicted molar refractivity (Wildman–Crippen MR) is 257 cm³/mol. The fourth-order valence-corrected chi connectivity index (χ4v) is 11.4. The summed E-state index contributed by atoms with van der Waals surface area (Å²) in [6.07, 6.45) is 0. The number of fused-ring (bicyclic) bond motifs is 16. The number of ether oxygens (including phenoxy) is 1. The van der Waals surface area contributed by atoms with Crippen molar-refractivity contribution in [2.24, 2.45) is 0 Å². The summed E-state index contributed by atoms with van der Waals surface area (Å²) in [6.45, 7) is 4.74. The average Bonchev–Trinajstić information content (AvgIpc) is 3.76. The highest BCUT2D eigenvalue weighted by molar-refractivity contribution is 6.05. The summed E-state index contributed by atoms with van der Waals surface area (Å²) in [5.41, 5.74) is 17.6. The maximum absolute atomic E-state index is 7.29. The second-order valence-electron chi connectivity index (χ2n) is 17.5. The number of benzene rings is 10. The van der Waals surface area contributed by atoms with Crippen molar-refractivity contribution in [3.8, 4) is 44.9 Å². The number of nitrogens with zero attached hydrogens (tertiary/aromatic N) is 1. The molecule has 0 saturated carbocycles. The van der Waals surface area contributed by atoms with Crippen LogP contribution in [0.15, 0.2) is 212 Å².